The van der Waals surface area contributed by atoms with Crippen LogP contribution in [0.1, 0.15) is 0 Å². The molecule has 2 aromatic carbocycles. The number of fused-ring (bicyclic) bond motifs is 1. The molecule has 0 unspecified atom stereocenters. The second-order valence-corrected chi connectivity index (χ2v) is 4.56. The molecular formula is C17H14NO3. The summed E-state index contributed by atoms with van der Waals surface area (Å²) in [5.41, 5.74) is 0.673. The summed E-state index contributed by atoms with van der Waals surface area (Å²) in [5.74, 6) is 1.44. The molecule has 3 aromatic rings. The van der Waals surface area contributed by atoms with E-state index in [1.807, 2.05) is 36.4 Å². The molecular weight excluding hydrogens is 266 g/mol. The Hall–Kier alpha value is -2.75. The van der Waals surface area contributed by atoms with Crippen LogP contribution in [0.4, 0.5) is 0 Å². The standard InChI is InChI=1S/C17H14NO3/c1-20-14-5-3-13(4-6-14)18-10-9-12-11-15(21-2)7-8-16(12)17(18)19/h3-7,9-11H,1-2H3. The highest BCUT2D eigenvalue weighted by molar-refractivity contribution is 5.82. The van der Waals surface area contributed by atoms with Gasteiger partial charge in [0.05, 0.1) is 19.6 Å². The van der Waals surface area contributed by atoms with Gasteiger partial charge >= 0.3 is 0 Å². The van der Waals surface area contributed by atoms with Crippen LogP contribution in [0.5, 0.6) is 11.5 Å². The Morgan fingerprint density at radius 2 is 1.71 bits per heavy atom. The van der Waals surface area contributed by atoms with Gasteiger partial charge in [0.2, 0.25) is 0 Å². The Kier molecular flexibility index (Phi) is 3.36. The van der Waals surface area contributed by atoms with E-state index in [0.29, 0.717) is 11.1 Å². The number of aromatic nitrogens is 1. The fourth-order valence-corrected chi connectivity index (χ4v) is 2.22. The number of benzene rings is 2. The maximum atomic E-state index is 12.5. The summed E-state index contributed by atoms with van der Waals surface area (Å²) in [7, 11) is 3.20. The lowest BCUT2D eigenvalue weighted by molar-refractivity contribution is 0.414. The van der Waals surface area contributed by atoms with Gasteiger partial charge in [0.25, 0.3) is 5.56 Å². The molecule has 0 aliphatic carbocycles. The summed E-state index contributed by atoms with van der Waals surface area (Å²) in [5, 5.41) is 1.35. The van der Waals surface area contributed by atoms with E-state index in [1.54, 1.807) is 31.0 Å². The van der Waals surface area contributed by atoms with Crippen LogP contribution >= 0.6 is 0 Å². The summed E-state index contributed by atoms with van der Waals surface area (Å²) in [6, 6.07) is 15.7. The van der Waals surface area contributed by atoms with Gasteiger partial charge in [0.15, 0.2) is 0 Å². The zero-order valence-corrected chi connectivity index (χ0v) is 11.8. The molecule has 0 saturated heterocycles. The quantitative estimate of drug-likeness (QED) is 0.740. The SMILES string of the molecule is COc1ccc(-n2ccc3cc(OC)c[c]c3c2=O)cc1. The molecule has 0 aliphatic rings. The van der Waals surface area contributed by atoms with Crippen molar-refractivity contribution in [3.8, 4) is 17.2 Å². The van der Waals surface area contributed by atoms with Crippen molar-refractivity contribution in [2.75, 3.05) is 14.2 Å². The molecule has 105 valence electrons. The van der Waals surface area contributed by atoms with Gasteiger partial charge in [-0.2, -0.15) is 0 Å². The second kappa shape index (κ2) is 5.32. The first-order valence-corrected chi connectivity index (χ1v) is 6.48. The van der Waals surface area contributed by atoms with E-state index in [4.69, 9.17) is 9.47 Å². The molecule has 1 radical (unpaired) electrons. The van der Waals surface area contributed by atoms with E-state index in [1.165, 1.54) is 0 Å². The third kappa shape index (κ3) is 2.36. The van der Waals surface area contributed by atoms with Gasteiger partial charge in [0.1, 0.15) is 11.5 Å². The van der Waals surface area contributed by atoms with E-state index >= 15 is 0 Å². The van der Waals surface area contributed by atoms with Crippen molar-refractivity contribution in [1.29, 1.82) is 0 Å². The maximum Gasteiger partial charge on any atom is 0.263 e. The molecule has 21 heavy (non-hydrogen) atoms. The molecule has 0 bridgehead atoms. The number of rotatable bonds is 3. The average Bonchev–Trinajstić information content (AvgIpc) is 2.55. The van der Waals surface area contributed by atoms with Gasteiger partial charge < -0.3 is 9.47 Å². The van der Waals surface area contributed by atoms with Gasteiger partial charge in [0, 0.05) is 11.9 Å². The first kappa shape index (κ1) is 13.2. The molecule has 4 heteroatoms. The predicted octanol–water partition coefficient (Wildman–Crippen LogP) is 2.81. The van der Waals surface area contributed by atoms with Crippen molar-refractivity contribution in [2.45, 2.75) is 0 Å². The fourth-order valence-electron chi connectivity index (χ4n) is 2.22. The molecule has 0 N–H and O–H groups in total. The summed E-state index contributed by atoms with van der Waals surface area (Å²) < 4.78 is 11.9. The number of methoxy groups -OCH3 is 2. The molecule has 0 saturated carbocycles. The highest BCUT2D eigenvalue weighted by atomic mass is 16.5. The Morgan fingerprint density at radius 3 is 2.38 bits per heavy atom. The molecule has 0 fully saturated rings. The van der Waals surface area contributed by atoms with Crippen molar-refractivity contribution in [3.05, 3.63) is 65.1 Å². The number of ether oxygens (including phenoxy) is 2. The number of hydrogen-bond donors (Lipinski definition) is 0. The fraction of sp³-hybridized carbons (Fsp3) is 0.118. The first-order valence-electron chi connectivity index (χ1n) is 6.48. The normalized spacial score (nSPS) is 10.6. The van der Waals surface area contributed by atoms with Gasteiger partial charge in [-0.25, -0.2) is 0 Å². The predicted molar refractivity (Wildman–Crippen MR) is 81.5 cm³/mol. The Labute approximate surface area is 122 Å². The van der Waals surface area contributed by atoms with Gasteiger partial charge in [-0.15, -0.1) is 0 Å². The van der Waals surface area contributed by atoms with E-state index in [-0.39, 0.29) is 5.56 Å². The van der Waals surface area contributed by atoms with Crippen LogP contribution in [0.2, 0.25) is 0 Å². The van der Waals surface area contributed by atoms with E-state index < -0.39 is 0 Å². The summed E-state index contributed by atoms with van der Waals surface area (Å²) in [4.78, 5) is 12.5. The second-order valence-electron chi connectivity index (χ2n) is 4.56. The number of nitrogens with zero attached hydrogens (tertiary/aromatic N) is 1. The van der Waals surface area contributed by atoms with Crippen molar-refractivity contribution in [2.24, 2.45) is 0 Å². The van der Waals surface area contributed by atoms with Crippen LogP contribution < -0.4 is 15.0 Å². The van der Waals surface area contributed by atoms with Gasteiger partial charge in [-0.1, -0.05) is 0 Å². The topological polar surface area (TPSA) is 40.5 Å². The zero-order chi connectivity index (χ0) is 14.8. The van der Waals surface area contributed by atoms with Crippen molar-refractivity contribution >= 4 is 10.8 Å². The average molecular weight is 280 g/mol. The Balaban J connectivity index is 2.15. The highest BCUT2D eigenvalue weighted by Gasteiger charge is 2.06. The minimum atomic E-state index is -0.111. The van der Waals surface area contributed by atoms with Crippen LogP contribution in [0.25, 0.3) is 16.5 Å². The lowest BCUT2D eigenvalue weighted by Gasteiger charge is -2.08. The van der Waals surface area contributed by atoms with Crippen LogP contribution in [-0.2, 0) is 0 Å². The molecule has 0 amide bonds. The minimum absolute atomic E-state index is 0.111. The van der Waals surface area contributed by atoms with Crippen molar-refractivity contribution in [1.82, 2.24) is 4.57 Å². The van der Waals surface area contributed by atoms with Crippen molar-refractivity contribution in [3.63, 3.8) is 0 Å². The van der Waals surface area contributed by atoms with Gasteiger partial charge in [-0.05, 0) is 53.9 Å². The summed E-state index contributed by atoms with van der Waals surface area (Å²) in [6.45, 7) is 0. The third-order valence-corrected chi connectivity index (χ3v) is 3.37. The zero-order valence-electron chi connectivity index (χ0n) is 11.8. The molecule has 1 heterocycles. The number of hydrogen-bond acceptors (Lipinski definition) is 3. The molecule has 0 aliphatic heterocycles. The van der Waals surface area contributed by atoms with E-state index in [2.05, 4.69) is 6.07 Å². The van der Waals surface area contributed by atoms with Gasteiger partial charge in [-0.3, -0.25) is 9.36 Å². The summed E-state index contributed by atoms with van der Waals surface area (Å²) >= 11 is 0. The molecule has 4 nitrogen and oxygen atoms in total. The maximum absolute atomic E-state index is 12.5. The number of pyridine rings is 1. The highest BCUT2D eigenvalue weighted by Crippen LogP contribution is 2.19. The molecule has 0 spiro atoms. The molecule has 1 aromatic heterocycles. The monoisotopic (exact) mass is 280 g/mol. The first-order chi connectivity index (χ1) is 10.2. The molecule has 3 rings (SSSR count). The largest absolute Gasteiger partial charge is 0.497 e. The van der Waals surface area contributed by atoms with Crippen LogP contribution in [0, 0.1) is 6.07 Å². The van der Waals surface area contributed by atoms with E-state index in [0.717, 1.165) is 16.8 Å². The third-order valence-electron chi connectivity index (χ3n) is 3.37. The molecule has 0 atom stereocenters. The Bertz CT molecular complexity index is 835. The van der Waals surface area contributed by atoms with E-state index in [9.17, 15) is 4.79 Å². The lowest BCUT2D eigenvalue weighted by atomic mass is 10.1. The van der Waals surface area contributed by atoms with Crippen LogP contribution in [0.15, 0.2) is 53.5 Å². The smallest absolute Gasteiger partial charge is 0.263 e. The summed E-state index contributed by atoms with van der Waals surface area (Å²) in [6.07, 6.45) is 1.75. The lowest BCUT2D eigenvalue weighted by Crippen LogP contribution is -2.17. The van der Waals surface area contributed by atoms with Crippen LogP contribution in [0.3, 0.4) is 0 Å². The van der Waals surface area contributed by atoms with Crippen LogP contribution in [-0.4, -0.2) is 18.8 Å². The minimum Gasteiger partial charge on any atom is -0.497 e. The Morgan fingerprint density at radius 1 is 1.00 bits per heavy atom. The van der Waals surface area contributed by atoms with Crippen molar-refractivity contribution < 1.29 is 9.47 Å².